The number of unbranched alkanes of at least 4 members (excludes halogenated alkanes) is 2. The predicted molar refractivity (Wildman–Crippen MR) is 203 cm³/mol. The van der Waals surface area contributed by atoms with Crippen molar-refractivity contribution < 1.29 is 14.2 Å². The summed E-state index contributed by atoms with van der Waals surface area (Å²) >= 11 is 0. The Morgan fingerprint density at radius 1 is 1.12 bits per heavy atom. The lowest BCUT2D eigenvalue weighted by molar-refractivity contribution is -0.330. The number of rotatable bonds is 12. The fourth-order valence-corrected chi connectivity index (χ4v) is 7.87. The highest BCUT2D eigenvalue weighted by Crippen LogP contribution is 2.43. The Labute approximate surface area is 295 Å². The number of H-pyrrole nitrogens is 2. The third kappa shape index (κ3) is 6.83. The molecule has 1 fully saturated rings. The van der Waals surface area contributed by atoms with E-state index >= 15 is 0 Å². The second kappa shape index (κ2) is 13.9. The number of terminal acetylenes is 1. The first-order chi connectivity index (χ1) is 23.8. The Balaban J connectivity index is 1.29. The van der Waals surface area contributed by atoms with Crippen molar-refractivity contribution in [3.63, 3.8) is 0 Å². The Morgan fingerprint density at radius 3 is 2.48 bits per heavy atom. The van der Waals surface area contributed by atoms with Gasteiger partial charge < -0.3 is 9.74 Å². The topological polar surface area (TPSA) is 103 Å². The number of carbonyl (C=O) groups excluding carboxylic acids is 1. The van der Waals surface area contributed by atoms with Gasteiger partial charge in [0.15, 0.2) is 14.0 Å². The molecule has 3 heterocycles. The number of hydrogen-bond acceptors (Lipinski definition) is 4. The molecule has 258 valence electrons. The van der Waals surface area contributed by atoms with Gasteiger partial charge >= 0.3 is 5.69 Å². The van der Waals surface area contributed by atoms with E-state index < -0.39 is 13.9 Å². The number of aromatic amines is 2. The van der Waals surface area contributed by atoms with Crippen LogP contribution in [0.3, 0.4) is 0 Å². The lowest BCUT2D eigenvalue weighted by atomic mass is 9.71. The van der Waals surface area contributed by atoms with Crippen LogP contribution in [0.2, 0.25) is 18.1 Å². The van der Waals surface area contributed by atoms with Crippen LogP contribution in [0.15, 0.2) is 89.9 Å². The molecule has 1 amide bonds. The Hall–Kier alpha value is -4.78. The number of nitrogens with zero attached hydrogens (tertiary/aromatic N) is 2. The quantitative estimate of drug-likeness (QED) is 0.0602. The van der Waals surface area contributed by atoms with Crippen molar-refractivity contribution in [2.24, 2.45) is 0 Å². The zero-order valence-electron chi connectivity index (χ0n) is 29.9. The minimum absolute atomic E-state index is 0.00514. The summed E-state index contributed by atoms with van der Waals surface area (Å²) in [7, 11) is -2.16. The first-order valence-corrected chi connectivity index (χ1v) is 20.5. The van der Waals surface area contributed by atoms with Crippen LogP contribution in [0, 0.1) is 12.3 Å². The number of aromatic nitrogens is 4. The molecule has 1 aliphatic carbocycles. The molecule has 0 spiro atoms. The molecule has 0 radical (unpaired) electrons. The zero-order valence-corrected chi connectivity index (χ0v) is 30.9. The number of fused-ring (bicyclic) bond motifs is 3. The van der Waals surface area contributed by atoms with E-state index in [-0.39, 0.29) is 22.7 Å². The van der Waals surface area contributed by atoms with E-state index in [0.717, 1.165) is 77.4 Å². The highest BCUT2D eigenvalue weighted by molar-refractivity contribution is 6.74. The van der Waals surface area contributed by atoms with E-state index in [9.17, 15) is 9.59 Å². The van der Waals surface area contributed by atoms with Gasteiger partial charge in [-0.2, -0.15) is 5.10 Å². The monoisotopic (exact) mass is 686 g/mol. The molecule has 3 N–H and O–H groups in total. The van der Waals surface area contributed by atoms with Crippen LogP contribution in [0.25, 0.3) is 38.9 Å². The first-order valence-electron chi connectivity index (χ1n) is 17.6. The summed E-state index contributed by atoms with van der Waals surface area (Å²) in [6.45, 7) is 15.4. The fraction of sp³-hybridized carbons (Fsp3) is 0.366. The van der Waals surface area contributed by atoms with Gasteiger partial charge in [-0.15, -0.1) is 12.3 Å². The van der Waals surface area contributed by atoms with E-state index in [1.54, 1.807) is 6.20 Å². The molecule has 5 aromatic rings. The third-order valence-electron chi connectivity index (χ3n) is 10.8. The molecule has 1 aliphatic rings. The van der Waals surface area contributed by atoms with Crippen LogP contribution < -0.4 is 16.0 Å². The van der Waals surface area contributed by atoms with Crippen molar-refractivity contribution in [3.8, 4) is 34.7 Å². The molecule has 50 heavy (non-hydrogen) atoms. The molecule has 8 nitrogen and oxygen atoms in total. The van der Waals surface area contributed by atoms with Crippen molar-refractivity contribution in [1.29, 1.82) is 0 Å². The van der Waals surface area contributed by atoms with Gasteiger partial charge in [0.1, 0.15) is 0 Å². The van der Waals surface area contributed by atoms with E-state index in [4.69, 9.17) is 10.8 Å². The van der Waals surface area contributed by atoms with Crippen LogP contribution >= 0.6 is 0 Å². The van der Waals surface area contributed by atoms with Crippen molar-refractivity contribution in [2.45, 2.75) is 95.5 Å². The van der Waals surface area contributed by atoms with Gasteiger partial charge in [-0.1, -0.05) is 69.8 Å². The molecule has 1 atom stereocenters. The minimum atomic E-state index is -2.16. The number of benzene rings is 2. The Morgan fingerprint density at radius 2 is 1.84 bits per heavy atom. The molecule has 3 aromatic heterocycles. The summed E-state index contributed by atoms with van der Waals surface area (Å²) in [6.07, 6.45) is 12.8. The summed E-state index contributed by atoms with van der Waals surface area (Å²) in [6, 6.07) is 22.7. The van der Waals surface area contributed by atoms with Crippen molar-refractivity contribution in [1.82, 2.24) is 19.9 Å². The van der Waals surface area contributed by atoms with E-state index in [2.05, 4.69) is 109 Å². The maximum absolute atomic E-state index is 14.0. The molecule has 6 rings (SSSR count). The molecule has 0 bridgehead atoms. The fourth-order valence-electron chi connectivity index (χ4n) is 6.54. The molecular formula is C41H48N5O3Si+. The van der Waals surface area contributed by atoms with E-state index in [0.29, 0.717) is 17.6 Å². The number of amides is 1. The SMILES string of the molecule is C#CCCCCC(O[Si](C)(C)C(C)(C)C)C(=C)C(=O)NC1(c2ccc(-c3[nH+]c4ccn5c(=O)[nH]nc5c4cc3-c3ccccc3)cc2)CCC1. The molecule has 2 aromatic carbocycles. The maximum atomic E-state index is 14.0. The van der Waals surface area contributed by atoms with Crippen molar-refractivity contribution in [2.75, 3.05) is 0 Å². The standard InChI is InChI=1S/C41H47N5O3Si/c1-8-9-10-14-18-35(49-50(6,7)40(3,4)5)28(2)38(47)43-41(24-15-25-41)31-21-19-30(20-22-31)36-32(29-16-12-11-13-17-29)27-33-34(42-36)23-26-46-37(33)44-45-39(46)48/h1,11-13,16-17,19-23,26-27,35H,2,9-10,14-15,18,24-25H2,3-7H3,(H,43,47)(H,45,48)/p+1. The minimum Gasteiger partial charge on any atom is -0.410 e. The van der Waals surface area contributed by atoms with Crippen LogP contribution in [-0.2, 0) is 14.8 Å². The van der Waals surface area contributed by atoms with Crippen LogP contribution in [0.5, 0.6) is 0 Å². The van der Waals surface area contributed by atoms with E-state index in [1.165, 1.54) is 4.40 Å². The maximum Gasteiger partial charge on any atom is 0.347 e. The number of hydrogen-bond donors (Lipinski definition) is 2. The normalized spacial score (nSPS) is 15.0. The number of carbonyl (C=O) groups is 1. The van der Waals surface area contributed by atoms with Gasteiger partial charge in [-0.25, -0.2) is 19.3 Å². The lowest BCUT2D eigenvalue weighted by Crippen LogP contribution is -2.53. The second-order valence-electron chi connectivity index (χ2n) is 15.1. The van der Waals surface area contributed by atoms with Crippen LogP contribution in [0.1, 0.15) is 71.3 Å². The highest BCUT2D eigenvalue weighted by atomic mass is 28.4. The smallest absolute Gasteiger partial charge is 0.347 e. The second-order valence-corrected chi connectivity index (χ2v) is 19.9. The molecule has 1 saturated carbocycles. The van der Waals surface area contributed by atoms with Gasteiger partial charge in [-0.3, -0.25) is 4.79 Å². The Bertz CT molecular complexity index is 2130. The lowest BCUT2D eigenvalue weighted by Gasteiger charge is -2.44. The first kappa shape index (κ1) is 35.1. The van der Waals surface area contributed by atoms with Gasteiger partial charge in [0.05, 0.1) is 22.6 Å². The molecule has 9 heteroatoms. The summed E-state index contributed by atoms with van der Waals surface area (Å²) in [5.74, 6) is 2.57. The van der Waals surface area contributed by atoms with Gasteiger partial charge in [0, 0.05) is 29.8 Å². The molecule has 1 unspecified atom stereocenters. The van der Waals surface area contributed by atoms with Crippen molar-refractivity contribution in [3.05, 3.63) is 101 Å². The summed E-state index contributed by atoms with van der Waals surface area (Å²) in [5, 5.41) is 11.1. The number of nitrogens with one attached hydrogen (secondary N) is 3. The molecular weight excluding hydrogens is 639 g/mol. The third-order valence-corrected chi connectivity index (χ3v) is 15.3. The summed E-state index contributed by atoms with van der Waals surface area (Å²) in [4.78, 5) is 29.9. The summed E-state index contributed by atoms with van der Waals surface area (Å²) < 4.78 is 8.32. The number of pyridine rings is 2. The average Bonchev–Trinajstić information content (AvgIpc) is 3.47. The van der Waals surface area contributed by atoms with Crippen LogP contribution in [0.4, 0.5) is 0 Å². The molecule has 0 aliphatic heterocycles. The zero-order chi connectivity index (χ0) is 35.7. The summed E-state index contributed by atoms with van der Waals surface area (Å²) in [5.41, 5.74) is 6.25. The largest absolute Gasteiger partial charge is 0.410 e. The Kier molecular flexibility index (Phi) is 9.71. The van der Waals surface area contributed by atoms with Crippen LogP contribution in [-0.4, -0.2) is 34.9 Å². The van der Waals surface area contributed by atoms with Crippen molar-refractivity contribution >= 4 is 30.8 Å². The predicted octanol–water partition coefficient (Wildman–Crippen LogP) is 7.96. The van der Waals surface area contributed by atoms with Gasteiger partial charge in [-0.05, 0) is 86.0 Å². The van der Waals surface area contributed by atoms with E-state index in [1.807, 2.05) is 24.3 Å². The van der Waals surface area contributed by atoms with Gasteiger partial charge in [0.25, 0.3) is 0 Å². The highest BCUT2D eigenvalue weighted by Gasteiger charge is 2.43. The average molecular weight is 687 g/mol. The molecule has 0 saturated heterocycles. The van der Waals surface area contributed by atoms with Gasteiger partial charge in [0.2, 0.25) is 17.1 Å².